The fraction of sp³-hybridized carbons (Fsp3) is 0.143. The summed E-state index contributed by atoms with van der Waals surface area (Å²) in [6.07, 6.45) is 0. The van der Waals surface area contributed by atoms with Crippen LogP contribution in [0, 0.1) is 5.82 Å². The maximum absolute atomic E-state index is 13.3. The van der Waals surface area contributed by atoms with Gasteiger partial charge in [0, 0.05) is 18.8 Å². The van der Waals surface area contributed by atoms with Gasteiger partial charge in [-0.25, -0.2) is 4.39 Å². The Bertz CT molecular complexity index is 557. The average molecular weight is 246 g/mol. The quantitative estimate of drug-likeness (QED) is 0.845. The number of ether oxygens (including phenoxy) is 1. The van der Waals surface area contributed by atoms with E-state index in [0.29, 0.717) is 11.4 Å². The Morgan fingerprint density at radius 2 is 1.94 bits per heavy atom. The fourth-order valence-electron chi connectivity index (χ4n) is 1.77. The third kappa shape index (κ3) is 2.37. The normalized spacial score (nSPS) is 10.2. The van der Waals surface area contributed by atoms with Crippen LogP contribution in [0.5, 0.6) is 5.75 Å². The highest BCUT2D eigenvalue weighted by Gasteiger charge is 2.09. The van der Waals surface area contributed by atoms with Gasteiger partial charge in [0.25, 0.3) is 0 Å². The first-order valence-corrected chi connectivity index (χ1v) is 5.54. The molecule has 4 heteroatoms. The van der Waals surface area contributed by atoms with Gasteiger partial charge in [0.2, 0.25) is 0 Å². The summed E-state index contributed by atoms with van der Waals surface area (Å²) in [5.41, 5.74) is 7.90. The Balaban J connectivity index is 2.40. The van der Waals surface area contributed by atoms with Crippen molar-refractivity contribution in [2.75, 3.05) is 24.8 Å². The molecule has 0 amide bonds. The average Bonchev–Trinajstić information content (AvgIpc) is 2.41. The van der Waals surface area contributed by atoms with Crippen molar-refractivity contribution in [3.63, 3.8) is 0 Å². The van der Waals surface area contributed by atoms with Crippen molar-refractivity contribution in [2.24, 2.45) is 0 Å². The van der Waals surface area contributed by atoms with E-state index < -0.39 is 0 Å². The second kappa shape index (κ2) is 4.96. The zero-order chi connectivity index (χ0) is 13.1. The minimum Gasteiger partial charge on any atom is -0.497 e. The second-order valence-electron chi connectivity index (χ2n) is 3.96. The van der Waals surface area contributed by atoms with Gasteiger partial charge in [0.15, 0.2) is 0 Å². The molecule has 2 rings (SSSR count). The highest BCUT2D eigenvalue weighted by atomic mass is 19.1. The van der Waals surface area contributed by atoms with E-state index in [1.165, 1.54) is 12.1 Å². The topological polar surface area (TPSA) is 38.5 Å². The SMILES string of the molecule is COc1cccc(N(C)c2cc(F)ccc2N)c1. The molecule has 94 valence electrons. The number of hydrogen-bond acceptors (Lipinski definition) is 3. The lowest BCUT2D eigenvalue weighted by atomic mass is 10.2. The van der Waals surface area contributed by atoms with Crippen LogP contribution in [0.3, 0.4) is 0 Å². The van der Waals surface area contributed by atoms with Gasteiger partial charge in [-0.3, -0.25) is 0 Å². The molecule has 0 fully saturated rings. The summed E-state index contributed by atoms with van der Waals surface area (Å²) in [6, 6.07) is 11.8. The summed E-state index contributed by atoms with van der Waals surface area (Å²) in [4.78, 5) is 1.82. The Kier molecular flexibility index (Phi) is 3.37. The van der Waals surface area contributed by atoms with Crippen molar-refractivity contribution in [2.45, 2.75) is 0 Å². The van der Waals surface area contributed by atoms with Crippen molar-refractivity contribution in [1.29, 1.82) is 0 Å². The van der Waals surface area contributed by atoms with E-state index in [4.69, 9.17) is 10.5 Å². The Labute approximate surface area is 106 Å². The van der Waals surface area contributed by atoms with Crippen LogP contribution in [-0.4, -0.2) is 14.2 Å². The van der Waals surface area contributed by atoms with Crippen LogP contribution in [0.1, 0.15) is 0 Å². The van der Waals surface area contributed by atoms with Gasteiger partial charge in [-0.1, -0.05) is 6.07 Å². The molecule has 18 heavy (non-hydrogen) atoms. The summed E-state index contributed by atoms with van der Waals surface area (Å²) in [6.45, 7) is 0. The lowest BCUT2D eigenvalue weighted by Crippen LogP contribution is -2.11. The molecule has 0 atom stereocenters. The molecule has 0 aromatic heterocycles. The summed E-state index contributed by atoms with van der Waals surface area (Å²) in [5.74, 6) is 0.434. The largest absolute Gasteiger partial charge is 0.497 e. The molecule has 2 N–H and O–H groups in total. The maximum atomic E-state index is 13.3. The number of methoxy groups -OCH3 is 1. The van der Waals surface area contributed by atoms with Crippen molar-refractivity contribution in [3.8, 4) is 5.75 Å². The Morgan fingerprint density at radius 1 is 1.17 bits per heavy atom. The predicted octanol–water partition coefficient (Wildman–Crippen LogP) is 3.18. The smallest absolute Gasteiger partial charge is 0.125 e. The first kappa shape index (κ1) is 12.2. The van der Waals surface area contributed by atoms with E-state index in [-0.39, 0.29) is 5.82 Å². The van der Waals surface area contributed by atoms with E-state index in [2.05, 4.69) is 0 Å². The molecule has 0 saturated heterocycles. The molecule has 2 aromatic rings. The van der Waals surface area contributed by atoms with Crippen LogP contribution >= 0.6 is 0 Å². The van der Waals surface area contributed by atoms with Gasteiger partial charge < -0.3 is 15.4 Å². The second-order valence-corrected chi connectivity index (χ2v) is 3.96. The van der Waals surface area contributed by atoms with Gasteiger partial charge in [0.1, 0.15) is 11.6 Å². The molecule has 0 bridgehead atoms. The van der Waals surface area contributed by atoms with Crippen molar-refractivity contribution in [3.05, 3.63) is 48.3 Å². The molecular formula is C14H15FN2O. The number of anilines is 3. The molecule has 0 unspecified atom stereocenters. The van der Waals surface area contributed by atoms with Crippen LogP contribution in [-0.2, 0) is 0 Å². The molecule has 0 saturated carbocycles. The standard InChI is InChI=1S/C14H15FN2O/c1-17(11-4-3-5-12(9-11)18-2)14-8-10(15)6-7-13(14)16/h3-9H,16H2,1-2H3. The van der Waals surface area contributed by atoms with E-state index in [1.807, 2.05) is 36.2 Å². The van der Waals surface area contributed by atoms with Crippen LogP contribution in [0.15, 0.2) is 42.5 Å². The molecule has 0 aliphatic carbocycles. The van der Waals surface area contributed by atoms with Gasteiger partial charge in [-0.2, -0.15) is 0 Å². The lowest BCUT2D eigenvalue weighted by molar-refractivity contribution is 0.415. The van der Waals surface area contributed by atoms with Crippen molar-refractivity contribution in [1.82, 2.24) is 0 Å². The minimum atomic E-state index is -0.311. The first-order chi connectivity index (χ1) is 8.61. The minimum absolute atomic E-state index is 0.311. The van der Waals surface area contributed by atoms with Gasteiger partial charge in [-0.15, -0.1) is 0 Å². The molecule has 3 nitrogen and oxygen atoms in total. The van der Waals surface area contributed by atoms with Gasteiger partial charge in [-0.05, 0) is 30.3 Å². The summed E-state index contributed by atoms with van der Waals surface area (Å²) < 4.78 is 18.4. The first-order valence-electron chi connectivity index (χ1n) is 5.54. The predicted molar refractivity (Wildman–Crippen MR) is 71.9 cm³/mol. The number of rotatable bonds is 3. The van der Waals surface area contributed by atoms with Gasteiger partial charge in [0.05, 0.1) is 18.5 Å². The van der Waals surface area contributed by atoms with E-state index in [9.17, 15) is 4.39 Å². The third-order valence-corrected chi connectivity index (χ3v) is 2.79. The lowest BCUT2D eigenvalue weighted by Gasteiger charge is -2.21. The van der Waals surface area contributed by atoms with E-state index in [1.54, 1.807) is 13.2 Å². The van der Waals surface area contributed by atoms with Crippen LogP contribution < -0.4 is 15.4 Å². The Morgan fingerprint density at radius 3 is 2.67 bits per heavy atom. The Hall–Kier alpha value is -2.23. The molecule has 0 spiro atoms. The number of nitrogens with zero attached hydrogens (tertiary/aromatic N) is 1. The summed E-state index contributed by atoms with van der Waals surface area (Å²) >= 11 is 0. The molecule has 0 heterocycles. The zero-order valence-electron chi connectivity index (χ0n) is 10.4. The molecule has 0 radical (unpaired) electrons. The van der Waals surface area contributed by atoms with Crippen LogP contribution in [0.25, 0.3) is 0 Å². The zero-order valence-corrected chi connectivity index (χ0v) is 10.4. The molecule has 0 aliphatic rings. The number of nitrogens with two attached hydrogens (primary N) is 1. The molecule has 2 aromatic carbocycles. The fourth-order valence-corrected chi connectivity index (χ4v) is 1.77. The van der Waals surface area contributed by atoms with E-state index >= 15 is 0 Å². The number of nitrogen functional groups attached to an aromatic ring is 1. The number of hydrogen-bond donors (Lipinski definition) is 1. The van der Waals surface area contributed by atoms with Gasteiger partial charge >= 0.3 is 0 Å². The molecule has 0 aliphatic heterocycles. The van der Waals surface area contributed by atoms with Crippen molar-refractivity contribution >= 4 is 17.1 Å². The maximum Gasteiger partial charge on any atom is 0.125 e. The highest BCUT2D eigenvalue weighted by Crippen LogP contribution is 2.31. The summed E-state index contributed by atoms with van der Waals surface area (Å²) in [7, 11) is 3.44. The van der Waals surface area contributed by atoms with E-state index in [0.717, 1.165) is 11.4 Å². The summed E-state index contributed by atoms with van der Waals surface area (Å²) in [5, 5.41) is 0. The molecular weight excluding hydrogens is 231 g/mol. The third-order valence-electron chi connectivity index (χ3n) is 2.79. The monoisotopic (exact) mass is 246 g/mol. The van der Waals surface area contributed by atoms with Crippen molar-refractivity contribution < 1.29 is 9.13 Å². The highest BCUT2D eigenvalue weighted by molar-refractivity contribution is 5.74. The number of benzene rings is 2. The van der Waals surface area contributed by atoms with Crippen LogP contribution in [0.2, 0.25) is 0 Å². The van der Waals surface area contributed by atoms with Crippen LogP contribution in [0.4, 0.5) is 21.5 Å². The number of halogens is 1.